The van der Waals surface area contributed by atoms with E-state index in [0.717, 1.165) is 6.54 Å². The van der Waals surface area contributed by atoms with E-state index in [1.54, 1.807) is 0 Å². The number of hydrogen-bond donors (Lipinski definition) is 1. The first-order chi connectivity index (χ1) is 8.70. The lowest BCUT2D eigenvalue weighted by Gasteiger charge is -2.17. The summed E-state index contributed by atoms with van der Waals surface area (Å²) in [6.45, 7) is 5.28. The first-order valence-corrected chi connectivity index (χ1v) is 6.45. The van der Waals surface area contributed by atoms with E-state index >= 15 is 0 Å². The van der Waals surface area contributed by atoms with Gasteiger partial charge in [0, 0.05) is 12.4 Å². The summed E-state index contributed by atoms with van der Waals surface area (Å²) >= 11 is 0. The summed E-state index contributed by atoms with van der Waals surface area (Å²) in [5.74, 6) is 0.582. The normalized spacial score (nSPS) is 12.9. The van der Waals surface area contributed by atoms with Gasteiger partial charge >= 0.3 is 0 Å². The third-order valence-electron chi connectivity index (χ3n) is 3.28. The predicted molar refractivity (Wildman–Crippen MR) is 74.6 cm³/mol. The maximum absolute atomic E-state index is 4.25. The fourth-order valence-corrected chi connectivity index (χ4v) is 2.07. The number of aromatic nitrogens is 2. The second-order valence-electron chi connectivity index (χ2n) is 4.89. The van der Waals surface area contributed by atoms with Gasteiger partial charge in [-0.2, -0.15) is 5.10 Å². The van der Waals surface area contributed by atoms with E-state index in [-0.39, 0.29) is 0 Å². The summed E-state index contributed by atoms with van der Waals surface area (Å²) in [6, 6.07) is 11.1. The lowest BCUT2D eigenvalue weighted by atomic mass is 9.99. The average Bonchev–Trinajstić information content (AvgIpc) is 2.89. The molecule has 1 unspecified atom stereocenters. The molecule has 0 bridgehead atoms. The van der Waals surface area contributed by atoms with Crippen molar-refractivity contribution >= 4 is 0 Å². The summed E-state index contributed by atoms with van der Waals surface area (Å²) < 4.78 is 1.96. The first kappa shape index (κ1) is 12.8. The van der Waals surface area contributed by atoms with Crippen molar-refractivity contribution in [3.8, 4) is 0 Å². The molecule has 0 amide bonds. The molecule has 3 heteroatoms. The van der Waals surface area contributed by atoms with Crippen LogP contribution in [0.15, 0.2) is 42.7 Å². The second kappa shape index (κ2) is 5.83. The monoisotopic (exact) mass is 243 g/mol. The Morgan fingerprint density at radius 2 is 1.83 bits per heavy atom. The van der Waals surface area contributed by atoms with Crippen molar-refractivity contribution in [2.45, 2.75) is 32.4 Å². The molecule has 1 N–H and O–H groups in total. The van der Waals surface area contributed by atoms with Crippen LogP contribution in [-0.2, 0) is 6.54 Å². The highest BCUT2D eigenvalue weighted by atomic mass is 15.3. The molecule has 18 heavy (non-hydrogen) atoms. The Labute approximate surface area is 109 Å². The smallest absolute Gasteiger partial charge is 0.0604 e. The van der Waals surface area contributed by atoms with Gasteiger partial charge in [-0.05, 0) is 30.2 Å². The Morgan fingerprint density at radius 1 is 1.17 bits per heavy atom. The molecular weight excluding hydrogens is 222 g/mol. The van der Waals surface area contributed by atoms with Crippen LogP contribution in [0, 0.1) is 0 Å². The summed E-state index contributed by atoms with van der Waals surface area (Å²) in [5, 5.41) is 7.60. The standard InChI is InChI=1S/C15H21N3/c1-12(2)13-5-7-14(8-6-13)15(16-3)11-18-10-4-9-17-18/h4-10,12,15-16H,11H2,1-3H3. The van der Waals surface area contributed by atoms with Gasteiger partial charge in [-0.3, -0.25) is 4.68 Å². The van der Waals surface area contributed by atoms with E-state index in [2.05, 4.69) is 48.5 Å². The van der Waals surface area contributed by atoms with Crippen LogP contribution < -0.4 is 5.32 Å². The molecule has 0 fully saturated rings. The average molecular weight is 243 g/mol. The van der Waals surface area contributed by atoms with Crippen molar-refractivity contribution in [2.75, 3.05) is 7.05 Å². The van der Waals surface area contributed by atoms with Crippen molar-refractivity contribution in [1.29, 1.82) is 0 Å². The van der Waals surface area contributed by atoms with Gasteiger partial charge in [-0.25, -0.2) is 0 Å². The van der Waals surface area contributed by atoms with E-state index in [9.17, 15) is 0 Å². The number of nitrogens with one attached hydrogen (secondary N) is 1. The Hall–Kier alpha value is -1.61. The number of hydrogen-bond acceptors (Lipinski definition) is 2. The molecule has 96 valence electrons. The Morgan fingerprint density at radius 3 is 2.33 bits per heavy atom. The molecule has 0 spiro atoms. The topological polar surface area (TPSA) is 29.9 Å². The molecule has 1 aromatic carbocycles. The maximum Gasteiger partial charge on any atom is 0.0604 e. The fourth-order valence-electron chi connectivity index (χ4n) is 2.07. The highest BCUT2D eigenvalue weighted by molar-refractivity contribution is 5.26. The molecule has 3 nitrogen and oxygen atoms in total. The molecule has 0 saturated heterocycles. The van der Waals surface area contributed by atoms with Crippen molar-refractivity contribution in [2.24, 2.45) is 0 Å². The Kier molecular flexibility index (Phi) is 4.15. The number of likely N-dealkylation sites (N-methyl/N-ethyl adjacent to an activating group) is 1. The zero-order valence-corrected chi connectivity index (χ0v) is 11.3. The van der Waals surface area contributed by atoms with Crippen LogP contribution in [0.2, 0.25) is 0 Å². The lowest BCUT2D eigenvalue weighted by molar-refractivity contribution is 0.468. The summed E-state index contributed by atoms with van der Waals surface area (Å²) in [6.07, 6.45) is 3.81. The van der Waals surface area contributed by atoms with Gasteiger partial charge in [-0.15, -0.1) is 0 Å². The van der Waals surface area contributed by atoms with Crippen molar-refractivity contribution < 1.29 is 0 Å². The molecule has 1 aromatic heterocycles. The zero-order chi connectivity index (χ0) is 13.0. The van der Waals surface area contributed by atoms with Crippen LogP contribution in [0.3, 0.4) is 0 Å². The number of rotatable bonds is 5. The molecule has 0 aliphatic heterocycles. The maximum atomic E-state index is 4.25. The molecule has 0 aliphatic rings. The summed E-state index contributed by atoms with van der Waals surface area (Å²) in [4.78, 5) is 0. The molecule has 0 aliphatic carbocycles. The van der Waals surface area contributed by atoms with Crippen molar-refractivity contribution in [3.63, 3.8) is 0 Å². The fraction of sp³-hybridized carbons (Fsp3) is 0.400. The van der Waals surface area contributed by atoms with E-state index in [0.29, 0.717) is 12.0 Å². The van der Waals surface area contributed by atoms with Crippen molar-refractivity contribution in [1.82, 2.24) is 15.1 Å². The molecule has 2 aromatic rings. The van der Waals surface area contributed by atoms with Gasteiger partial charge in [0.15, 0.2) is 0 Å². The molecule has 1 atom stereocenters. The quantitative estimate of drug-likeness (QED) is 0.875. The first-order valence-electron chi connectivity index (χ1n) is 6.45. The minimum absolute atomic E-state index is 0.297. The third-order valence-corrected chi connectivity index (χ3v) is 3.28. The van der Waals surface area contributed by atoms with Crippen molar-refractivity contribution in [3.05, 3.63) is 53.9 Å². The third kappa shape index (κ3) is 2.99. The van der Waals surface area contributed by atoms with Crippen LogP contribution in [0.1, 0.15) is 36.9 Å². The minimum Gasteiger partial charge on any atom is -0.311 e. The van der Waals surface area contributed by atoms with E-state index in [4.69, 9.17) is 0 Å². The Bertz CT molecular complexity index is 457. The van der Waals surface area contributed by atoms with Gasteiger partial charge in [0.1, 0.15) is 0 Å². The van der Waals surface area contributed by atoms with Gasteiger partial charge < -0.3 is 5.32 Å². The van der Waals surface area contributed by atoms with E-state index < -0.39 is 0 Å². The van der Waals surface area contributed by atoms with Gasteiger partial charge in [0.2, 0.25) is 0 Å². The SMILES string of the molecule is CNC(Cn1cccn1)c1ccc(C(C)C)cc1. The molecule has 2 rings (SSSR count). The zero-order valence-electron chi connectivity index (χ0n) is 11.3. The van der Waals surface area contributed by atoms with E-state index in [1.165, 1.54) is 11.1 Å². The molecule has 0 radical (unpaired) electrons. The highest BCUT2D eigenvalue weighted by Gasteiger charge is 2.10. The molecular formula is C15H21N3. The summed E-state index contributed by atoms with van der Waals surface area (Å²) in [5.41, 5.74) is 2.69. The highest BCUT2D eigenvalue weighted by Crippen LogP contribution is 2.19. The van der Waals surface area contributed by atoms with Crippen LogP contribution in [-0.4, -0.2) is 16.8 Å². The van der Waals surface area contributed by atoms with Crippen LogP contribution in [0.4, 0.5) is 0 Å². The number of benzene rings is 1. The lowest BCUT2D eigenvalue weighted by Crippen LogP contribution is -2.22. The van der Waals surface area contributed by atoms with E-state index in [1.807, 2.05) is 30.2 Å². The second-order valence-corrected chi connectivity index (χ2v) is 4.89. The number of nitrogens with zero attached hydrogens (tertiary/aromatic N) is 2. The van der Waals surface area contributed by atoms with Crippen LogP contribution in [0.5, 0.6) is 0 Å². The van der Waals surface area contributed by atoms with Gasteiger partial charge in [-0.1, -0.05) is 38.1 Å². The minimum atomic E-state index is 0.297. The largest absolute Gasteiger partial charge is 0.311 e. The Balaban J connectivity index is 2.12. The summed E-state index contributed by atoms with van der Waals surface area (Å²) in [7, 11) is 1.99. The molecule has 0 saturated carbocycles. The van der Waals surface area contributed by atoms with Gasteiger partial charge in [0.25, 0.3) is 0 Å². The molecule has 1 heterocycles. The predicted octanol–water partition coefficient (Wildman–Crippen LogP) is 2.97. The van der Waals surface area contributed by atoms with Gasteiger partial charge in [0.05, 0.1) is 12.6 Å². The van der Waals surface area contributed by atoms with Crippen LogP contribution >= 0.6 is 0 Å². The van der Waals surface area contributed by atoms with Crippen LogP contribution in [0.25, 0.3) is 0 Å².